The lowest BCUT2D eigenvalue weighted by Gasteiger charge is -2.48. The summed E-state index contributed by atoms with van der Waals surface area (Å²) >= 11 is 0. The van der Waals surface area contributed by atoms with Gasteiger partial charge in [-0.3, -0.25) is 4.79 Å². The predicted molar refractivity (Wildman–Crippen MR) is 166 cm³/mol. The van der Waals surface area contributed by atoms with Crippen LogP contribution < -0.4 is 15.1 Å². The van der Waals surface area contributed by atoms with E-state index in [1.807, 2.05) is 23.2 Å². The number of fused-ring (bicyclic) bond motifs is 2. The number of benzene rings is 1. The summed E-state index contributed by atoms with van der Waals surface area (Å²) in [5.74, 6) is 2.71. The second-order valence-electron chi connectivity index (χ2n) is 12.3. The average molecular weight is 604 g/mol. The van der Waals surface area contributed by atoms with Crippen LogP contribution in [0.5, 0.6) is 0 Å². The average Bonchev–Trinajstić information content (AvgIpc) is 3.59. The minimum Gasteiger partial charge on any atom is -0.379 e. The summed E-state index contributed by atoms with van der Waals surface area (Å²) in [6.45, 7) is 9.55. The van der Waals surface area contributed by atoms with Crippen molar-refractivity contribution in [3.8, 4) is 0 Å². The van der Waals surface area contributed by atoms with Gasteiger partial charge in [0, 0.05) is 67.2 Å². The van der Waals surface area contributed by atoms with Crippen LogP contribution in [-0.2, 0) is 19.4 Å². The topological polar surface area (TPSA) is 121 Å². The minimum absolute atomic E-state index is 0.0495. The zero-order valence-corrected chi connectivity index (χ0v) is 25.3. The number of sulfone groups is 1. The number of pyridine rings is 1. The Labute approximate surface area is 251 Å². The molecule has 43 heavy (non-hydrogen) atoms. The van der Waals surface area contributed by atoms with Gasteiger partial charge in [-0.15, -0.1) is 0 Å². The van der Waals surface area contributed by atoms with Crippen molar-refractivity contribution in [1.82, 2.24) is 19.9 Å². The van der Waals surface area contributed by atoms with E-state index in [0.29, 0.717) is 49.2 Å². The van der Waals surface area contributed by atoms with E-state index in [0.717, 1.165) is 48.0 Å². The number of carbonyl (C=O) groups is 1. The van der Waals surface area contributed by atoms with Gasteiger partial charge in [-0.25, -0.2) is 18.4 Å². The van der Waals surface area contributed by atoms with Gasteiger partial charge in [0.15, 0.2) is 0 Å². The van der Waals surface area contributed by atoms with Gasteiger partial charge in [0.25, 0.3) is 0 Å². The number of aromatic nitrogens is 3. The maximum absolute atomic E-state index is 12.6. The first-order valence-corrected chi connectivity index (χ1v) is 17.0. The molecule has 1 amide bonds. The quantitative estimate of drug-likeness (QED) is 0.384. The number of nitrogens with one attached hydrogen (secondary N) is 1. The second kappa shape index (κ2) is 10.7. The fourth-order valence-electron chi connectivity index (χ4n) is 7.15. The van der Waals surface area contributed by atoms with Crippen LogP contribution in [-0.4, -0.2) is 91.1 Å². The van der Waals surface area contributed by atoms with E-state index >= 15 is 0 Å². The summed E-state index contributed by atoms with van der Waals surface area (Å²) in [5, 5.41) is 5.36. The van der Waals surface area contributed by atoms with Crippen molar-refractivity contribution in [2.24, 2.45) is 11.8 Å². The lowest BCUT2D eigenvalue weighted by molar-refractivity contribution is -0.133. The third-order valence-corrected chi connectivity index (χ3v) is 10.7. The predicted octanol–water partition coefficient (Wildman–Crippen LogP) is 3.32. The van der Waals surface area contributed by atoms with Crippen molar-refractivity contribution in [3.05, 3.63) is 54.9 Å². The highest BCUT2D eigenvalue weighted by Gasteiger charge is 2.41. The van der Waals surface area contributed by atoms with Crippen LogP contribution in [0.4, 0.5) is 23.3 Å². The fraction of sp³-hybridized carbons (Fsp3) is 0.484. The number of ether oxygens (including phenoxy) is 1. The number of amides is 1. The minimum atomic E-state index is -3.06. The number of likely N-dealkylation sites (tertiary alicyclic amines) is 1. The van der Waals surface area contributed by atoms with Gasteiger partial charge in [-0.05, 0) is 55.0 Å². The maximum Gasteiger partial charge on any atom is 0.246 e. The van der Waals surface area contributed by atoms with Gasteiger partial charge in [-0.2, -0.15) is 4.98 Å². The summed E-state index contributed by atoms with van der Waals surface area (Å²) in [4.78, 5) is 33.0. The molecule has 4 fully saturated rings. The highest BCUT2D eigenvalue weighted by atomic mass is 32.2. The van der Waals surface area contributed by atoms with E-state index in [1.54, 1.807) is 6.20 Å². The first-order valence-electron chi connectivity index (χ1n) is 14.9. The van der Waals surface area contributed by atoms with Crippen LogP contribution in [0.2, 0.25) is 0 Å². The Morgan fingerprint density at radius 1 is 1.12 bits per heavy atom. The number of carbonyl (C=O) groups excluding carboxylic acids is 1. The smallest absolute Gasteiger partial charge is 0.246 e. The summed E-state index contributed by atoms with van der Waals surface area (Å²) in [5.41, 5.74) is 2.07. The maximum atomic E-state index is 12.6. The number of anilines is 4. The molecule has 4 aliphatic heterocycles. The third-order valence-electron chi connectivity index (χ3n) is 9.64. The van der Waals surface area contributed by atoms with E-state index in [1.165, 1.54) is 12.3 Å². The molecule has 0 bridgehead atoms. The highest BCUT2D eigenvalue weighted by molar-refractivity contribution is 7.90. The Hall–Kier alpha value is -3.77. The van der Waals surface area contributed by atoms with Crippen LogP contribution in [0, 0.1) is 11.8 Å². The van der Waals surface area contributed by atoms with Gasteiger partial charge in [0.1, 0.15) is 21.5 Å². The van der Waals surface area contributed by atoms with Crippen LogP contribution in [0.1, 0.15) is 31.4 Å². The Balaban J connectivity index is 1.21. The molecule has 3 aromatic rings. The molecular formula is C31H37N7O4S. The molecule has 12 heteroatoms. The number of hydrogen-bond donors (Lipinski definition) is 1. The number of rotatable bonds is 8. The van der Waals surface area contributed by atoms with E-state index in [4.69, 9.17) is 14.7 Å². The normalized spacial score (nSPS) is 26.7. The molecule has 0 radical (unpaired) electrons. The standard InChI is InChI=1S/C31H37N7O4S/c1-4-30(39)36-12-9-26(36)22-5-6-25(38-15-21(19(38)2)18-43(3,40)41)24-14-33-29(13-23(22)24)34-28-7-10-32-31(35-28)37-11-8-20-16-42-17-27(20)37/h4-7,10,13-14,19-21,26-27H,1,8-9,11-12,15-18H2,2-3H3,(H,32,33,34,35)/t19-,20+,21-,26-,27-/m1/s1. The van der Waals surface area contributed by atoms with Crippen molar-refractivity contribution in [3.63, 3.8) is 0 Å². The first-order chi connectivity index (χ1) is 20.7. The zero-order valence-electron chi connectivity index (χ0n) is 24.5. The SMILES string of the molecule is C=CC(=O)N1CC[C@@H]1c1ccc(N2C[C@H](CS(C)(=O)=O)[C@H]2C)c2cnc(Nc3ccnc(N4CC[C@H]5COC[C@H]54)n3)cc12. The molecule has 0 aliphatic carbocycles. The van der Waals surface area contributed by atoms with Crippen molar-refractivity contribution in [2.75, 3.05) is 60.0 Å². The molecule has 4 aliphatic rings. The summed E-state index contributed by atoms with van der Waals surface area (Å²) in [6.07, 6.45) is 8.25. The van der Waals surface area contributed by atoms with Crippen LogP contribution in [0.25, 0.3) is 10.8 Å². The zero-order chi connectivity index (χ0) is 29.9. The summed E-state index contributed by atoms with van der Waals surface area (Å²) in [6, 6.07) is 8.40. The molecule has 226 valence electrons. The van der Waals surface area contributed by atoms with Crippen molar-refractivity contribution < 1.29 is 17.9 Å². The highest BCUT2D eigenvalue weighted by Crippen LogP contribution is 2.43. The van der Waals surface area contributed by atoms with E-state index in [9.17, 15) is 13.2 Å². The lowest BCUT2D eigenvalue weighted by Crippen LogP contribution is -2.57. The second-order valence-corrected chi connectivity index (χ2v) is 14.5. The molecule has 0 unspecified atom stereocenters. The lowest BCUT2D eigenvalue weighted by atomic mass is 9.87. The van der Waals surface area contributed by atoms with Crippen LogP contribution in [0.15, 0.2) is 49.3 Å². The Kier molecular flexibility index (Phi) is 7.00. The van der Waals surface area contributed by atoms with Gasteiger partial charge in [-0.1, -0.05) is 12.6 Å². The third kappa shape index (κ3) is 5.10. The van der Waals surface area contributed by atoms with Crippen LogP contribution >= 0.6 is 0 Å². The van der Waals surface area contributed by atoms with Gasteiger partial charge >= 0.3 is 0 Å². The largest absolute Gasteiger partial charge is 0.379 e. The van der Waals surface area contributed by atoms with Crippen molar-refractivity contribution in [1.29, 1.82) is 0 Å². The fourth-order valence-corrected chi connectivity index (χ4v) is 8.31. The molecule has 7 rings (SSSR count). The molecular weight excluding hydrogens is 566 g/mol. The van der Waals surface area contributed by atoms with Gasteiger partial charge < -0.3 is 24.8 Å². The molecule has 5 atom stereocenters. The van der Waals surface area contributed by atoms with Crippen molar-refractivity contribution >= 4 is 49.8 Å². The number of nitrogens with zero attached hydrogens (tertiary/aromatic N) is 6. The summed E-state index contributed by atoms with van der Waals surface area (Å²) in [7, 11) is -3.06. The number of hydrogen-bond acceptors (Lipinski definition) is 10. The molecule has 1 N–H and O–H groups in total. The van der Waals surface area contributed by atoms with Gasteiger partial charge in [0.05, 0.1) is 31.1 Å². The summed E-state index contributed by atoms with van der Waals surface area (Å²) < 4.78 is 29.6. The monoisotopic (exact) mass is 603 g/mol. The molecule has 0 saturated carbocycles. The Morgan fingerprint density at radius 3 is 2.72 bits per heavy atom. The molecule has 6 heterocycles. The van der Waals surface area contributed by atoms with Crippen LogP contribution in [0.3, 0.4) is 0 Å². The molecule has 4 saturated heterocycles. The van der Waals surface area contributed by atoms with Gasteiger partial charge in [0.2, 0.25) is 11.9 Å². The Bertz CT molecular complexity index is 1700. The first kappa shape index (κ1) is 28.0. The molecule has 0 spiro atoms. The Morgan fingerprint density at radius 2 is 1.98 bits per heavy atom. The van der Waals surface area contributed by atoms with Crippen molar-refractivity contribution in [2.45, 2.75) is 37.9 Å². The molecule has 2 aromatic heterocycles. The molecule has 1 aromatic carbocycles. The van der Waals surface area contributed by atoms with E-state index in [2.05, 4.69) is 45.7 Å². The van der Waals surface area contributed by atoms with E-state index < -0.39 is 9.84 Å². The van der Waals surface area contributed by atoms with E-state index in [-0.39, 0.29) is 29.7 Å². The molecule has 11 nitrogen and oxygen atoms in total.